The van der Waals surface area contributed by atoms with Gasteiger partial charge in [0.05, 0.1) is 18.3 Å². The second-order valence-electron chi connectivity index (χ2n) is 5.14. The lowest BCUT2D eigenvalue weighted by molar-refractivity contribution is 0.0772. The van der Waals surface area contributed by atoms with Gasteiger partial charge in [-0.3, -0.25) is 9.48 Å². The zero-order chi connectivity index (χ0) is 14.8. The molecule has 0 bridgehead atoms. The molecule has 3 rings (SSSR count). The second-order valence-corrected chi connectivity index (χ2v) is 5.14. The summed E-state index contributed by atoms with van der Waals surface area (Å²) in [5.74, 6) is 0.299. The van der Waals surface area contributed by atoms with Crippen LogP contribution in [0.1, 0.15) is 16.8 Å². The smallest absolute Gasteiger partial charge is 0.257 e. The van der Waals surface area contributed by atoms with E-state index in [0.717, 1.165) is 6.42 Å². The molecule has 0 spiro atoms. The van der Waals surface area contributed by atoms with Crippen molar-refractivity contribution in [2.24, 2.45) is 7.05 Å². The van der Waals surface area contributed by atoms with Gasteiger partial charge in [-0.1, -0.05) is 0 Å². The van der Waals surface area contributed by atoms with Crippen molar-refractivity contribution in [3.05, 3.63) is 48.0 Å². The molecule has 1 unspecified atom stereocenters. The van der Waals surface area contributed by atoms with Crippen LogP contribution in [0.25, 0.3) is 0 Å². The number of amides is 1. The first kappa shape index (κ1) is 13.6. The van der Waals surface area contributed by atoms with E-state index in [2.05, 4.69) is 5.10 Å². The first-order valence-electron chi connectivity index (χ1n) is 6.82. The Bertz CT molecular complexity index is 639. The molecule has 1 fully saturated rings. The Morgan fingerprint density at radius 2 is 2.14 bits per heavy atom. The minimum absolute atomic E-state index is 0.0340. The summed E-state index contributed by atoms with van der Waals surface area (Å²) in [6.07, 6.45) is 3.98. The normalized spacial score (nSPS) is 18.0. The van der Waals surface area contributed by atoms with E-state index in [-0.39, 0.29) is 17.8 Å². The predicted molar refractivity (Wildman–Crippen MR) is 74.5 cm³/mol. The van der Waals surface area contributed by atoms with Crippen molar-refractivity contribution in [2.45, 2.75) is 12.5 Å². The summed E-state index contributed by atoms with van der Waals surface area (Å²) < 4.78 is 20.2. The first-order valence-corrected chi connectivity index (χ1v) is 6.82. The lowest BCUT2D eigenvalue weighted by Crippen LogP contribution is -2.30. The molecule has 6 heteroatoms. The van der Waals surface area contributed by atoms with Crippen molar-refractivity contribution in [1.29, 1.82) is 0 Å². The summed E-state index contributed by atoms with van der Waals surface area (Å²) in [7, 11) is 1.78. The molecular formula is C15H16FN3O2. The number of ether oxygens (including phenoxy) is 1. The number of rotatable bonds is 3. The van der Waals surface area contributed by atoms with Crippen LogP contribution in [0.2, 0.25) is 0 Å². The molecule has 21 heavy (non-hydrogen) atoms. The molecule has 2 aromatic rings. The van der Waals surface area contributed by atoms with Gasteiger partial charge < -0.3 is 9.64 Å². The van der Waals surface area contributed by atoms with Crippen LogP contribution in [-0.2, 0) is 7.05 Å². The van der Waals surface area contributed by atoms with Gasteiger partial charge in [-0.05, 0) is 24.3 Å². The van der Waals surface area contributed by atoms with Gasteiger partial charge in [-0.15, -0.1) is 0 Å². The quantitative estimate of drug-likeness (QED) is 0.866. The number of likely N-dealkylation sites (tertiary alicyclic amines) is 1. The van der Waals surface area contributed by atoms with Crippen LogP contribution in [0.4, 0.5) is 4.39 Å². The van der Waals surface area contributed by atoms with Gasteiger partial charge in [0.15, 0.2) is 0 Å². The number of benzene rings is 1. The maximum Gasteiger partial charge on any atom is 0.257 e. The number of aromatic nitrogens is 2. The molecule has 5 nitrogen and oxygen atoms in total. The van der Waals surface area contributed by atoms with Crippen molar-refractivity contribution < 1.29 is 13.9 Å². The fourth-order valence-electron chi connectivity index (χ4n) is 2.43. The predicted octanol–water partition coefficient (Wildman–Crippen LogP) is 1.85. The highest BCUT2D eigenvalue weighted by Gasteiger charge is 2.28. The van der Waals surface area contributed by atoms with E-state index in [1.165, 1.54) is 12.1 Å². The summed E-state index contributed by atoms with van der Waals surface area (Å²) in [5, 5.41) is 4.01. The Morgan fingerprint density at radius 1 is 1.38 bits per heavy atom. The van der Waals surface area contributed by atoms with Gasteiger partial charge in [0.1, 0.15) is 17.7 Å². The summed E-state index contributed by atoms with van der Waals surface area (Å²) in [6, 6.07) is 5.92. The molecule has 1 aliphatic rings. The molecule has 1 atom stereocenters. The molecule has 110 valence electrons. The fraction of sp³-hybridized carbons (Fsp3) is 0.333. The molecule has 1 aromatic heterocycles. The van der Waals surface area contributed by atoms with Gasteiger partial charge in [0, 0.05) is 26.2 Å². The second kappa shape index (κ2) is 5.55. The third-order valence-corrected chi connectivity index (χ3v) is 3.50. The van der Waals surface area contributed by atoms with E-state index in [9.17, 15) is 9.18 Å². The van der Waals surface area contributed by atoms with E-state index in [4.69, 9.17) is 4.74 Å². The molecule has 1 aliphatic heterocycles. The third-order valence-electron chi connectivity index (χ3n) is 3.50. The van der Waals surface area contributed by atoms with Crippen LogP contribution >= 0.6 is 0 Å². The van der Waals surface area contributed by atoms with Crippen LogP contribution in [0.5, 0.6) is 5.75 Å². The molecule has 0 aliphatic carbocycles. The summed E-state index contributed by atoms with van der Waals surface area (Å²) in [4.78, 5) is 14.0. The number of aryl methyl sites for hydroxylation is 1. The van der Waals surface area contributed by atoms with Gasteiger partial charge >= 0.3 is 0 Å². The molecule has 0 saturated carbocycles. The van der Waals surface area contributed by atoms with Crippen LogP contribution in [-0.4, -0.2) is 39.8 Å². The Balaban J connectivity index is 1.60. The van der Waals surface area contributed by atoms with Crippen LogP contribution < -0.4 is 4.74 Å². The first-order chi connectivity index (χ1) is 10.1. The molecule has 1 aromatic carbocycles. The highest BCUT2D eigenvalue weighted by Crippen LogP contribution is 2.20. The maximum absolute atomic E-state index is 12.8. The highest BCUT2D eigenvalue weighted by molar-refractivity contribution is 5.93. The van der Waals surface area contributed by atoms with E-state index in [1.807, 2.05) is 0 Å². The SMILES string of the molecule is Cn1cc(C(=O)N2CCC(Oc3ccc(F)cc3)C2)cn1. The number of carbonyl (C=O) groups is 1. The average molecular weight is 289 g/mol. The maximum atomic E-state index is 12.8. The van der Waals surface area contributed by atoms with E-state index >= 15 is 0 Å². The monoisotopic (exact) mass is 289 g/mol. The minimum Gasteiger partial charge on any atom is -0.489 e. The van der Waals surface area contributed by atoms with Crippen molar-refractivity contribution in [1.82, 2.24) is 14.7 Å². The zero-order valence-electron chi connectivity index (χ0n) is 11.7. The number of hydrogen-bond donors (Lipinski definition) is 0. The van der Waals surface area contributed by atoms with Crippen LogP contribution in [0, 0.1) is 5.82 Å². The lowest BCUT2D eigenvalue weighted by atomic mass is 10.3. The average Bonchev–Trinajstić information content (AvgIpc) is 3.10. The van der Waals surface area contributed by atoms with E-state index in [1.54, 1.807) is 41.2 Å². The molecule has 1 amide bonds. The van der Waals surface area contributed by atoms with Gasteiger partial charge in [0.25, 0.3) is 5.91 Å². The minimum atomic E-state index is -0.290. The molecule has 0 radical (unpaired) electrons. The lowest BCUT2D eigenvalue weighted by Gasteiger charge is -2.16. The topological polar surface area (TPSA) is 47.4 Å². The Labute approximate surface area is 121 Å². The summed E-state index contributed by atoms with van der Waals surface area (Å²) in [6.45, 7) is 1.19. The standard InChI is InChI=1S/C15H16FN3O2/c1-18-9-11(8-17-18)15(20)19-7-6-14(10-19)21-13-4-2-12(16)3-5-13/h2-5,8-9,14H,6-7,10H2,1H3. The third kappa shape index (κ3) is 3.04. The van der Waals surface area contributed by atoms with E-state index in [0.29, 0.717) is 24.4 Å². The largest absolute Gasteiger partial charge is 0.489 e. The van der Waals surface area contributed by atoms with Crippen molar-refractivity contribution in [3.8, 4) is 5.75 Å². The van der Waals surface area contributed by atoms with Crippen molar-refractivity contribution in [3.63, 3.8) is 0 Å². The summed E-state index contributed by atoms with van der Waals surface area (Å²) in [5.41, 5.74) is 0.583. The molecule has 0 N–H and O–H groups in total. The zero-order valence-corrected chi connectivity index (χ0v) is 11.7. The highest BCUT2D eigenvalue weighted by atomic mass is 19.1. The number of halogens is 1. The Hall–Kier alpha value is -2.37. The molecule has 2 heterocycles. The molecule has 1 saturated heterocycles. The van der Waals surface area contributed by atoms with Crippen molar-refractivity contribution >= 4 is 5.91 Å². The van der Waals surface area contributed by atoms with Crippen LogP contribution in [0.3, 0.4) is 0 Å². The van der Waals surface area contributed by atoms with Gasteiger partial charge in [0.2, 0.25) is 0 Å². The Morgan fingerprint density at radius 3 is 2.81 bits per heavy atom. The number of hydrogen-bond acceptors (Lipinski definition) is 3. The van der Waals surface area contributed by atoms with E-state index < -0.39 is 0 Å². The molecular weight excluding hydrogens is 273 g/mol. The van der Waals surface area contributed by atoms with Gasteiger partial charge in [-0.2, -0.15) is 5.10 Å². The fourth-order valence-corrected chi connectivity index (χ4v) is 2.43. The van der Waals surface area contributed by atoms with Crippen LogP contribution in [0.15, 0.2) is 36.7 Å². The van der Waals surface area contributed by atoms with Crippen molar-refractivity contribution in [2.75, 3.05) is 13.1 Å². The number of nitrogens with zero attached hydrogens (tertiary/aromatic N) is 3. The Kier molecular flexibility index (Phi) is 3.60. The number of carbonyl (C=O) groups excluding carboxylic acids is 1. The van der Waals surface area contributed by atoms with Gasteiger partial charge in [-0.25, -0.2) is 4.39 Å². The summed E-state index contributed by atoms with van der Waals surface area (Å²) >= 11 is 0.